The Morgan fingerprint density at radius 2 is 2.14 bits per heavy atom. The lowest BCUT2D eigenvalue weighted by Gasteiger charge is -2.23. The fourth-order valence-corrected chi connectivity index (χ4v) is 2.84. The topological polar surface area (TPSA) is 58.6 Å². The number of amides is 1. The van der Waals surface area contributed by atoms with Crippen molar-refractivity contribution in [3.05, 3.63) is 46.2 Å². The number of methoxy groups -OCH3 is 1. The second kappa shape index (κ2) is 6.18. The SMILES string of the molecule is COc1ccc(C(=O)NCC(C)(C)c2cccs2)cc1O. The fraction of sp³-hybridized carbons (Fsp3) is 0.312. The first kappa shape index (κ1) is 15.4. The molecule has 0 radical (unpaired) electrons. The molecule has 2 N–H and O–H groups in total. The van der Waals surface area contributed by atoms with Gasteiger partial charge in [-0.05, 0) is 29.6 Å². The Hall–Kier alpha value is -2.01. The highest BCUT2D eigenvalue weighted by Gasteiger charge is 2.22. The largest absolute Gasteiger partial charge is 0.504 e. The maximum atomic E-state index is 12.2. The van der Waals surface area contributed by atoms with Crippen LogP contribution in [0.3, 0.4) is 0 Å². The van der Waals surface area contributed by atoms with E-state index >= 15 is 0 Å². The molecule has 0 aliphatic rings. The van der Waals surface area contributed by atoms with Gasteiger partial charge < -0.3 is 15.2 Å². The highest BCUT2D eigenvalue weighted by molar-refractivity contribution is 7.10. The molecule has 0 spiro atoms. The number of phenolic OH excluding ortho intramolecular Hbond substituents is 1. The molecule has 5 heteroatoms. The van der Waals surface area contributed by atoms with Gasteiger partial charge in [-0.1, -0.05) is 19.9 Å². The summed E-state index contributed by atoms with van der Waals surface area (Å²) >= 11 is 1.68. The summed E-state index contributed by atoms with van der Waals surface area (Å²) < 4.78 is 4.96. The second-order valence-electron chi connectivity index (χ2n) is 5.43. The van der Waals surface area contributed by atoms with E-state index in [1.807, 2.05) is 11.4 Å². The summed E-state index contributed by atoms with van der Waals surface area (Å²) in [5, 5.41) is 14.7. The summed E-state index contributed by atoms with van der Waals surface area (Å²) in [6, 6.07) is 8.69. The Labute approximate surface area is 128 Å². The number of ether oxygens (including phenoxy) is 1. The first-order valence-electron chi connectivity index (χ1n) is 6.63. The number of carbonyl (C=O) groups excluding carboxylic acids is 1. The third-order valence-corrected chi connectivity index (χ3v) is 4.56. The van der Waals surface area contributed by atoms with Crippen molar-refractivity contribution in [3.8, 4) is 11.5 Å². The van der Waals surface area contributed by atoms with Crippen LogP contribution in [-0.4, -0.2) is 24.7 Å². The molecule has 2 rings (SSSR count). The smallest absolute Gasteiger partial charge is 0.251 e. The molecule has 0 saturated carbocycles. The van der Waals surface area contributed by atoms with Crippen LogP contribution in [0.1, 0.15) is 29.1 Å². The molecule has 1 aromatic carbocycles. The van der Waals surface area contributed by atoms with Gasteiger partial charge in [-0.3, -0.25) is 4.79 Å². The lowest BCUT2D eigenvalue weighted by molar-refractivity contribution is 0.0945. The van der Waals surface area contributed by atoms with E-state index in [0.29, 0.717) is 17.9 Å². The highest BCUT2D eigenvalue weighted by Crippen LogP contribution is 2.28. The van der Waals surface area contributed by atoms with Crippen molar-refractivity contribution in [2.45, 2.75) is 19.3 Å². The van der Waals surface area contributed by atoms with Crippen LogP contribution in [0.4, 0.5) is 0 Å². The molecule has 0 aliphatic carbocycles. The molecule has 112 valence electrons. The number of benzene rings is 1. The lowest BCUT2D eigenvalue weighted by Crippen LogP contribution is -2.36. The molecule has 21 heavy (non-hydrogen) atoms. The zero-order chi connectivity index (χ0) is 15.5. The van der Waals surface area contributed by atoms with E-state index < -0.39 is 0 Å². The Bertz CT molecular complexity index is 620. The minimum atomic E-state index is -0.211. The van der Waals surface area contributed by atoms with Gasteiger partial charge in [-0.15, -0.1) is 11.3 Å². The van der Waals surface area contributed by atoms with Crippen LogP contribution < -0.4 is 10.1 Å². The van der Waals surface area contributed by atoms with Gasteiger partial charge in [0.1, 0.15) is 0 Å². The van der Waals surface area contributed by atoms with Crippen molar-refractivity contribution in [2.75, 3.05) is 13.7 Å². The number of carbonyl (C=O) groups is 1. The monoisotopic (exact) mass is 305 g/mol. The van der Waals surface area contributed by atoms with Gasteiger partial charge in [0.05, 0.1) is 7.11 Å². The molecule has 2 aromatic rings. The van der Waals surface area contributed by atoms with Crippen molar-refractivity contribution < 1.29 is 14.6 Å². The number of aromatic hydroxyl groups is 1. The van der Waals surface area contributed by atoms with Crippen molar-refractivity contribution >= 4 is 17.2 Å². The van der Waals surface area contributed by atoms with E-state index in [9.17, 15) is 9.90 Å². The maximum absolute atomic E-state index is 12.2. The molecule has 0 saturated heterocycles. The van der Waals surface area contributed by atoms with Crippen molar-refractivity contribution in [1.29, 1.82) is 0 Å². The average Bonchev–Trinajstić information content (AvgIpc) is 2.99. The molecule has 0 aliphatic heterocycles. The predicted octanol–water partition coefficient (Wildman–Crippen LogP) is 3.17. The summed E-state index contributed by atoms with van der Waals surface area (Å²) in [6.45, 7) is 4.70. The van der Waals surface area contributed by atoms with Gasteiger partial charge >= 0.3 is 0 Å². The van der Waals surface area contributed by atoms with Crippen molar-refractivity contribution in [2.24, 2.45) is 0 Å². The highest BCUT2D eigenvalue weighted by atomic mass is 32.1. The van der Waals surface area contributed by atoms with Crippen LogP contribution in [0.5, 0.6) is 11.5 Å². The number of rotatable bonds is 5. The Balaban J connectivity index is 2.03. The van der Waals surface area contributed by atoms with Crippen LogP contribution in [0, 0.1) is 0 Å². The van der Waals surface area contributed by atoms with E-state index in [2.05, 4.69) is 25.2 Å². The van der Waals surface area contributed by atoms with Crippen LogP contribution in [-0.2, 0) is 5.41 Å². The third kappa shape index (κ3) is 3.55. The minimum Gasteiger partial charge on any atom is -0.504 e. The minimum absolute atomic E-state index is 0.0392. The van der Waals surface area contributed by atoms with Gasteiger partial charge in [-0.2, -0.15) is 0 Å². The number of hydrogen-bond acceptors (Lipinski definition) is 4. The first-order chi connectivity index (χ1) is 9.94. The van der Waals surface area contributed by atoms with Gasteiger partial charge in [-0.25, -0.2) is 0 Å². The van der Waals surface area contributed by atoms with Crippen LogP contribution in [0.25, 0.3) is 0 Å². The number of phenols is 1. The average molecular weight is 305 g/mol. The van der Waals surface area contributed by atoms with E-state index in [0.717, 1.165) is 0 Å². The molecular weight excluding hydrogens is 286 g/mol. The zero-order valence-corrected chi connectivity index (χ0v) is 13.2. The number of nitrogens with one attached hydrogen (secondary N) is 1. The zero-order valence-electron chi connectivity index (χ0n) is 12.3. The van der Waals surface area contributed by atoms with Crippen LogP contribution in [0.2, 0.25) is 0 Å². The fourth-order valence-electron chi connectivity index (χ4n) is 1.99. The molecule has 1 aromatic heterocycles. The van der Waals surface area contributed by atoms with E-state index in [4.69, 9.17) is 4.74 Å². The van der Waals surface area contributed by atoms with E-state index in [1.54, 1.807) is 23.5 Å². The van der Waals surface area contributed by atoms with Gasteiger partial charge in [0, 0.05) is 22.4 Å². The predicted molar refractivity (Wildman–Crippen MR) is 84.3 cm³/mol. The second-order valence-corrected chi connectivity index (χ2v) is 6.38. The van der Waals surface area contributed by atoms with Crippen molar-refractivity contribution in [1.82, 2.24) is 5.32 Å². The van der Waals surface area contributed by atoms with Crippen LogP contribution in [0.15, 0.2) is 35.7 Å². The van der Waals surface area contributed by atoms with Gasteiger partial charge in [0.25, 0.3) is 5.91 Å². The van der Waals surface area contributed by atoms with E-state index in [-0.39, 0.29) is 17.1 Å². The quantitative estimate of drug-likeness (QED) is 0.892. The summed E-state index contributed by atoms with van der Waals surface area (Å²) in [7, 11) is 1.47. The number of thiophene rings is 1. The van der Waals surface area contributed by atoms with Crippen LogP contribution >= 0.6 is 11.3 Å². The normalized spacial score (nSPS) is 11.2. The molecule has 1 amide bonds. The molecule has 1 heterocycles. The lowest BCUT2D eigenvalue weighted by atomic mass is 9.91. The van der Waals surface area contributed by atoms with Crippen molar-refractivity contribution in [3.63, 3.8) is 0 Å². The Morgan fingerprint density at radius 1 is 1.38 bits per heavy atom. The summed E-state index contributed by atoms with van der Waals surface area (Å²) in [6.07, 6.45) is 0. The summed E-state index contributed by atoms with van der Waals surface area (Å²) in [5.74, 6) is 0.103. The standard InChI is InChI=1S/C16H19NO3S/c1-16(2,14-5-4-8-21-14)10-17-15(19)11-6-7-13(20-3)12(18)9-11/h4-9,18H,10H2,1-3H3,(H,17,19). The summed E-state index contributed by atoms with van der Waals surface area (Å²) in [4.78, 5) is 13.4. The third-order valence-electron chi connectivity index (χ3n) is 3.32. The molecule has 0 atom stereocenters. The Morgan fingerprint density at radius 3 is 2.71 bits per heavy atom. The molecule has 0 unspecified atom stereocenters. The first-order valence-corrected chi connectivity index (χ1v) is 7.51. The molecular formula is C16H19NO3S. The molecule has 0 bridgehead atoms. The van der Waals surface area contributed by atoms with Gasteiger partial charge in [0.15, 0.2) is 11.5 Å². The van der Waals surface area contributed by atoms with Gasteiger partial charge in [0.2, 0.25) is 0 Å². The maximum Gasteiger partial charge on any atom is 0.251 e. The summed E-state index contributed by atoms with van der Waals surface area (Å²) in [5.41, 5.74) is 0.286. The molecule has 4 nitrogen and oxygen atoms in total. The molecule has 0 fully saturated rings. The number of hydrogen-bond donors (Lipinski definition) is 2. The van der Waals surface area contributed by atoms with E-state index in [1.165, 1.54) is 18.1 Å². The Kier molecular flexibility index (Phi) is 4.53.